The summed E-state index contributed by atoms with van der Waals surface area (Å²) in [6.45, 7) is 4.13. The number of hydrogen-bond donors (Lipinski definition) is 3. The van der Waals surface area contributed by atoms with Gasteiger partial charge in [0.05, 0.1) is 5.92 Å². The van der Waals surface area contributed by atoms with Crippen molar-refractivity contribution >= 4 is 17.7 Å². The third-order valence-electron chi connectivity index (χ3n) is 4.61. The van der Waals surface area contributed by atoms with Crippen LogP contribution in [0.1, 0.15) is 57.9 Å². The van der Waals surface area contributed by atoms with Crippen molar-refractivity contribution in [3.8, 4) is 0 Å². The first kappa shape index (κ1) is 22.7. The average Bonchev–Trinajstić information content (AvgIpc) is 2.66. The molecule has 1 rings (SSSR count). The zero-order valence-electron chi connectivity index (χ0n) is 16.5. The van der Waals surface area contributed by atoms with Gasteiger partial charge in [-0.15, -0.1) is 0 Å². The molecule has 150 valence electrons. The molecule has 1 unspecified atom stereocenters. The Morgan fingerprint density at radius 1 is 1.04 bits per heavy atom. The number of carbonyl (C=O) groups excluding carboxylic acids is 3. The molecule has 0 spiro atoms. The van der Waals surface area contributed by atoms with Crippen molar-refractivity contribution < 1.29 is 14.4 Å². The van der Waals surface area contributed by atoms with Gasteiger partial charge in [0.25, 0.3) is 0 Å². The minimum atomic E-state index is -0.943. The second-order valence-corrected chi connectivity index (χ2v) is 6.93. The highest BCUT2D eigenvalue weighted by Crippen LogP contribution is 2.07. The molecule has 0 bridgehead atoms. The largest absolute Gasteiger partial charge is 0.369 e. The Kier molecular flexibility index (Phi) is 10.8. The highest BCUT2D eigenvalue weighted by molar-refractivity contribution is 5.92. The van der Waals surface area contributed by atoms with Gasteiger partial charge in [-0.25, -0.2) is 0 Å². The molecule has 0 heterocycles. The predicted octanol–water partition coefficient (Wildman–Crippen LogP) is 2.31. The van der Waals surface area contributed by atoms with Crippen LogP contribution in [0.15, 0.2) is 30.3 Å². The Morgan fingerprint density at radius 2 is 1.70 bits per heavy atom. The first-order valence-corrected chi connectivity index (χ1v) is 9.86. The molecule has 0 aliphatic heterocycles. The number of benzene rings is 1. The second kappa shape index (κ2) is 12.9. The third kappa shape index (κ3) is 9.22. The highest BCUT2D eigenvalue weighted by atomic mass is 16.2. The molecule has 6 heteroatoms. The molecule has 0 aliphatic carbocycles. The van der Waals surface area contributed by atoms with Gasteiger partial charge >= 0.3 is 0 Å². The van der Waals surface area contributed by atoms with E-state index in [1.807, 2.05) is 30.3 Å². The van der Waals surface area contributed by atoms with Gasteiger partial charge in [-0.2, -0.15) is 0 Å². The van der Waals surface area contributed by atoms with Crippen LogP contribution >= 0.6 is 0 Å². The van der Waals surface area contributed by atoms with Gasteiger partial charge < -0.3 is 16.4 Å². The van der Waals surface area contributed by atoms with Crippen LogP contribution in [0, 0.1) is 5.92 Å². The first-order chi connectivity index (χ1) is 13.0. The van der Waals surface area contributed by atoms with Crippen LogP contribution in [0.2, 0.25) is 0 Å². The second-order valence-electron chi connectivity index (χ2n) is 6.93. The van der Waals surface area contributed by atoms with Crippen LogP contribution in [0.5, 0.6) is 0 Å². The number of primary amides is 1. The van der Waals surface area contributed by atoms with E-state index in [-0.39, 0.29) is 11.8 Å². The van der Waals surface area contributed by atoms with Gasteiger partial charge in [0.15, 0.2) is 0 Å². The predicted molar refractivity (Wildman–Crippen MR) is 107 cm³/mol. The van der Waals surface area contributed by atoms with E-state index in [1.165, 1.54) is 0 Å². The number of unbranched alkanes of at least 4 members (excludes halogenated alkanes) is 4. The summed E-state index contributed by atoms with van der Waals surface area (Å²) in [5.74, 6) is -1.98. The average molecular weight is 376 g/mol. The number of nitrogens with two attached hydrogens (primary N) is 1. The molecule has 3 amide bonds. The Morgan fingerprint density at radius 3 is 2.33 bits per heavy atom. The van der Waals surface area contributed by atoms with Crippen molar-refractivity contribution in [2.45, 2.75) is 64.8 Å². The maximum atomic E-state index is 12.5. The third-order valence-corrected chi connectivity index (χ3v) is 4.61. The maximum absolute atomic E-state index is 12.5. The van der Waals surface area contributed by atoms with Crippen LogP contribution in [-0.2, 0) is 20.8 Å². The zero-order valence-corrected chi connectivity index (χ0v) is 16.5. The molecular formula is C21H33N3O3. The van der Waals surface area contributed by atoms with Crippen molar-refractivity contribution in [2.75, 3.05) is 6.54 Å². The Bertz CT molecular complexity index is 590. The van der Waals surface area contributed by atoms with Crippen molar-refractivity contribution in [2.24, 2.45) is 11.7 Å². The minimum absolute atomic E-state index is 0.220. The molecule has 0 saturated carbocycles. The monoisotopic (exact) mass is 375 g/mol. The van der Waals surface area contributed by atoms with E-state index >= 15 is 0 Å². The lowest BCUT2D eigenvalue weighted by Gasteiger charge is -2.22. The number of rotatable bonds is 13. The van der Waals surface area contributed by atoms with E-state index in [0.29, 0.717) is 19.4 Å². The van der Waals surface area contributed by atoms with Crippen LogP contribution in [0.25, 0.3) is 0 Å². The molecule has 0 fully saturated rings. The Labute approximate surface area is 162 Å². The summed E-state index contributed by atoms with van der Waals surface area (Å²) in [6, 6.07) is 8.84. The molecule has 0 aromatic heterocycles. The van der Waals surface area contributed by atoms with Crippen molar-refractivity contribution in [3.05, 3.63) is 35.9 Å². The molecule has 0 aliphatic rings. The molecule has 0 saturated heterocycles. The molecule has 1 aromatic carbocycles. The number of amides is 3. The normalized spacial score (nSPS) is 12.8. The Balaban J connectivity index is 2.50. The summed E-state index contributed by atoms with van der Waals surface area (Å²) >= 11 is 0. The van der Waals surface area contributed by atoms with Gasteiger partial charge in [-0.3, -0.25) is 14.4 Å². The maximum Gasteiger partial charge on any atom is 0.243 e. The van der Waals surface area contributed by atoms with Crippen LogP contribution in [0.4, 0.5) is 0 Å². The fourth-order valence-corrected chi connectivity index (χ4v) is 2.80. The fraction of sp³-hybridized carbons (Fsp3) is 0.571. The van der Waals surface area contributed by atoms with Crippen LogP contribution < -0.4 is 16.4 Å². The topological polar surface area (TPSA) is 101 Å². The quantitative estimate of drug-likeness (QED) is 0.461. The van der Waals surface area contributed by atoms with Crippen molar-refractivity contribution in [1.82, 2.24) is 10.6 Å². The molecule has 0 radical (unpaired) electrons. The first-order valence-electron chi connectivity index (χ1n) is 9.86. The lowest BCUT2D eigenvalue weighted by Crippen LogP contribution is -2.53. The summed E-state index contributed by atoms with van der Waals surface area (Å²) in [5, 5.41) is 5.48. The highest BCUT2D eigenvalue weighted by Gasteiger charge is 2.30. The van der Waals surface area contributed by atoms with Crippen LogP contribution in [-0.4, -0.2) is 30.3 Å². The summed E-state index contributed by atoms with van der Waals surface area (Å²) in [5.41, 5.74) is 6.46. The van der Waals surface area contributed by atoms with Gasteiger partial charge in [-0.05, 0) is 18.4 Å². The molecule has 1 aromatic rings. The summed E-state index contributed by atoms with van der Waals surface area (Å²) < 4.78 is 0. The smallest absolute Gasteiger partial charge is 0.243 e. The molecule has 6 nitrogen and oxygen atoms in total. The summed E-state index contributed by atoms with van der Waals surface area (Å²) in [4.78, 5) is 36.2. The van der Waals surface area contributed by atoms with Crippen LogP contribution in [0.3, 0.4) is 0 Å². The lowest BCUT2D eigenvalue weighted by molar-refractivity contribution is -0.133. The molecular weight excluding hydrogens is 342 g/mol. The summed E-state index contributed by atoms with van der Waals surface area (Å²) in [7, 11) is 0. The molecule has 27 heavy (non-hydrogen) atoms. The number of carbonyl (C=O) groups is 3. The van der Waals surface area contributed by atoms with Gasteiger partial charge in [0.1, 0.15) is 6.04 Å². The summed E-state index contributed by atoms with van der Waals surface area (Å²) in [6.07, 6.45) is 6.20. The number of hydrogen-bond acceptors (Lipinski definition) is 3. The number of nitrogens with one attached hydrogen (secondary N) is 2. The van der Waals surface area contributed by atoms with E-state index in [0.717, 1.165) is 37.7 Å². The van der Waals surface area contributed by atoms with Crippen molar-refractivity contribution in [1.29, 1.82) is 0 Å². The minimum Gasteiger partial charge on any atom is -0.369 e. The van der Waals surface area contributed by atoms with Crippen molar-refractivity contribution in [3.63, 3.8) is 0 Å². The standard InChI is InChI=1S/C21H33N3O3/c1-3-4-5-6-10-13-18(25)24-19(16(2)20(22)26)21(27)23-15-14-17-11-8-7-9-12-17/h7-9,11-12,16,19H,3-6,10,13-15H2,1-2H3,(H2,22,26)(H,23,27)(H,24,25)/t16-,19?/m1/s1. The van der Waals surface area contributed by atoms with E-state index in [1.54, 1.807) is 6.92 Å². The lowest BCUT2D eigenvalue weighted by atomic mass is 9.99. The van der Waals surface area contributed by atoms with Gasteiger partial charge in [0.2, 0.25) is 17.7 Å². The van der Waals surface area contributed by atoms with E-state index in [9.17, 15) is 14.4 Å². The Hall–Kier alpha value is -2.37. The van der Waals surface area contributed by atoms with Gasteiger partial charge in [-0.1, -0.05) is 69.9 Å². The molecule has 4 N–H and O–H groups in total. The van der Waals surface area contributed by atoms with E-state index < -0.39 is 17.9 Å². The van der Waals surface area contributed by atoms with E-state index in [4.69, 9.17) is 5.73 Å². The SMILES string of the molecule is CCCCCCCC(=O)NC(C(=O)NCCc1ccccc1)[C@@H](C)C(N)=O. The van der Waals surface area contributed by atoms with Gasteiger partial charge in [0, 0.05) is 13.0 Å². The molecule has 2 atom stereocenters. The zero-order chi connectivity index (χ0) is 20.1. The van der Waals surface area contributed by atoms with E-state index in [2.05, 4.69) is 17.6 Å². The fourth-order valence-electron chi connectivity index (χ4n) is 2.80.